The fourth-order valence-corrected chi connectivity index (χ4v) is 2.70. The summed E-state index contributed by atoms with van der Waals surface area (Å²) in [5, 5.41) is 6.54. The van der Waals surface area contributed by atoms with Crippen molar-refractivity contribution in [3.8, 4) is 0 Å². The third kappa shape index (κ3) is 4.62. The minimum absolute atomic E-state index is 0.138. The van der Waals surface area contributed by atoms with E-state index in [1.807, 2.05) is 30.3 Å². The maximum atomic E-state index is 11.8. The molecule has 1 N–H and O–H groups in total. The first-order valence-electron chi connectivity index (χ1n) is 6.25. The van der Waals surface area contributed by atoms with E-state index in [1.54, 1.807) is 13.0 Å². The van der Waals surface area contributed by atoms with Gasteiger partial charge in [-0.3, -0.25) is 9.00 Å². The van der Waals surface area contributed by atoms with E-state index >= 15 is 0 Å². The van der Waals surface area contributed by atoms with Gasteiger partial charge < -0.3 is 9.84 Å². The Hall–Kier alpha value is -1.95. The maximum absolute atomic E-state index is 11.8. The van der Waals surface area contributed by atoms with Gasteiger partial charge in [-0.25, -0.2) is 0 Å². The number of hydrogen-bond donors (Lipinski definition) is 1. The van der Waals surface area contributed by atoms with Gasteiger partial charge in [-0.2, -0.15) is 0 Å². The molecule has 0 bridgehead atoms. The fraction of sp³-hybridized carbons (Fsp3) is 0.286. The van der Waals surface area contributed by atoms with E-state index in [2.05, 4.69) is 10.5 Å². The van der Waals surface area contributed by atoms with Crippen LogP contribution in [-0.2, 0) is 21.3 Å². The first kappa shape index (κ1) is 14.5. The minimum Gasteiger partial charge on any atom is -0.361 e. The van der Waals surface area contributed by atoms with Crippen LogP contribution in [0.4, 0.5) is 5.69 Å². The first-order valence-corrected chi connectivity index (χ1v) is 7.74. The Labute approximate surface area is 119 Å². The van der Waals surface area contributed by atoms with Crippen molar-refractivity contribution in [3.63, 3.8) is 0 Å². The Bertz CT molecular complexity index is 595. The summed E-state index contributed by atoms with van der Waals surface area (Å²) in [7, 11) is -1.12. The number of carbonyl (C=O) groups is 1. The molecule has 0 saturated carbocycles. The van der Waals surface area contributed by atoms with Crippen LogP contribution in [0.1, 0.15) is 17.9 Å². The number of para-hydroxylation sites is 1. The van der Waals surface area contributed by atoms with Gasteiger partial charge in [0.05, 0.1) is 11.4 Å². The lowest BCUT2D eigenvalue weighted by Crippen LogP contribution is -2.15. The molecule has 6 heteroatoms. The number of aromatic nitrogens is 1. The van der Waals surface area contributed by atoms with Gasteiger partial charge in [0.15, 0.2) is 0 Å². The molecule has 0 fully saturated rings. The van der Waals surface area contributed by atoms with Crippen LogP contribution >= 0.6 is 0 Å². The van der Waals surface area contributed by atoms with Crippen molar-refractivity contribution in [2.45, 2.75) is 19.1 Å². The number of rotatable bonds is 6. The Kier molecular flexibility index (Phi) is 5.06. The highest BCUT2D eigenvalue weighted by Gasteiger charge is 2.09. The molecule has 1 amide bonds. The first-order chi connectivity index (χ1) is 9.63. The fourth-order valence-electron chi connectivity index (χ4n) is 1.67. The number of amides is 1. The van der Waals surface area contributed by atoms with Crippen molar-refractivity contribution in [3.05, 3.63) is 47.9 Å². The van der Waals surface area contributed by atoms with Crippen LogP contribution in [0.3, 0.4) is 0 Å². The smallest absolute Gasteiger partial charge is 0.225 e. The van der Waals surface area contributed by atoms with Gasteiger partial charge in [-0.15, -0.1) is 0 Å². The van der Waals surface area contributed by atoms with E-state index in [0.717, 1.165) is 5.69 Å². The maximum Gasteiger partial charge on any atom is 0.225 e. The largest absolute Gasteiger partial charge is 0.361 e. The Balaban J connectivity index is 1.74. The number of benzene rings is 1. The molecule has 1 aromatic heterocycles. The lowest BCUT2D eigenvalue weighted by Gasteiger charge is -2.04. The third-order valence-corrected chi connectivity index (χ3v) is 3.88. The van der Waals surface area contributed by atoms with E-state index in [9.17, 15) is 9.00 Å². The molecule has 0 aliphatic rings. The number of carbonyl (C=O) groups excluding carboxylic acids is 1. The quantitative estimate of drug-likeness (QED) is 0.886. The number of hydrogen-bond acceptors (Lipinski definition) is 4. The average Bonchev–Trinajstić information content (AvgIpc) is 2.83. The van der Waals surface area contributed by atoms with E-state index in [4.69, 9.17) is 4.52 Å². The van der Waals surface area contributed by atoms with Crippen LogP contribution in [0.25, 0.3) is 0 Å². The Morgan fingerprint density at radius 3 is 2.75 bits per heavy atom. The van der Waals surface area contributed by atoms with E-state index in [0.29, 0.717) is 23.0 Å². The number of anilines is 1. The molecule has 1 heterocycles. The zero-order chi connectivity index (χ0) is 14.4. The number of nitrogens with one attached hydrogen (secondary N) is 1. The van der Waals surface area contributed by atoms with Gasteiger partial charge in [0.2, 0.25) is 5.91 Å². The van der Waals surface area contributed by atoms with Crippen molar-refractivity contribution in [1.82, 2.24) is 5.16 Å². The molecular weight excluding hydrogens is 276 g/mol. The van der Waals surface area contributed by atoms with Crippen LogP contribution in [0.2, 0.25) is 0 Å². The summed E-state index contributed by atoms with van der Waals surface area (Å²) in [6.45, 7) is 1.78. The van der Waals surface area contributed by atoms with Gasteiger partial charge in [0.1, 0.15) is 5.76 Å². The van der Waals surface area contributed by atoms with E-state index in [1.165, 1.54) is 0 Å². The highest BCUT2D eigenvalue weighted by atomic mass is 32.2. The Morgan fingerprint density at radius 2 is 2.10 bits per heavy atom. The topological polar surface area (TPSA) is 72.2 Å². The van der Waals surface area contributed by atoms with Gasteiger partial charge in [0.25, 0.3) is 0 Å². The number of nitrogens with zero attached hydrogens (tertiary/aromatic N) is 1. The molecule has 0 spiro atoms. The SMILES string of the molecule is Cc1cc(C[S@@](=O)CCC(=O)Nc2ccccc2)no1. The van der Waals surface area contributed by atoms with Crippen LogP contribution in [0.15, 0.2) is 40.9 Å². The summed E-state index contributed by atoms with van der Waals surface area (Å²) in [5.74, 6) is 1.18. The summed E-state index contributed by atoms with van der Waals surface area (Å²) in [6, 6.07) is 11.0. The molecule has 0 unspecified atom stereocenters. The van der Waals surface area contributed by atoms with E-state index in [-0.39, 0.29) is 12.3 Å². The van der Waals surface area contributed by atoms with E-state index < -0.39 is 10.8 Å². The normalized spacial score (nSPS) is 12.1. The second-order valence-corrected chi connectivity index (χ2v) is 5.96. The number of aryl methyl sites for hydroxylation is 1. The lowest BCUT2D eigenvalue weighted by atomic mass is 10.3. The predicted octanol–water partition coefficient (Wildman–Crippen LogP) is 2.26. The van der Waals surface area contributed by atoms with Crippen LogP contribution < -0.4 is 5.32 Å². The Morgan fingerprint density at radius 1 is 1.35 bits per heavy atom. The van der Waals surface area contributed by atoms with Crippen LogP contribution in [-0.4, -0.2) is 21.0 Å². The lowest BCUT2D eigenvalue weighted by molar-refractivity contribution is -0.115. The van der Waals surface area contributed by atoms with Crippen molar-refractivity contribution >= 4 is 22.4 Å². The monoisotopic (exact) mass is 292 g/mol. The highest BCUT2D eigenvalue weighted by molar-refractivity contribution is 7.84. The molecule has 2 aromatic rings. The van der Waals surface area contributed by atoms with Gasteiger partial charge in [0, 0.05) is 34.7 Å². The van der Waals surface area contributed by atoms with Gasteiger partial charge >= 0.3 is 0 Å². The average molecular weight is 292 g/mol. The molecule has 106 valence electrons. The minimum atomic E-state index is -1.12. The zero-order valence-corrected chi connectivity index (χ0v) is 12.0. The van der Waals surface area contributed by atoms with Gasteiger partial charge in [-0.05, 0) is 19.1 Å². The summed E-state index contributed by atoms with van der Waals surface area (Å²) >= 11 is 0. The standard InChI is InChI=1S/C14H16N2O3S/c1-11-9-13(16-19-11)10-20(18)8-7-14(17)15-12-5-3-2-4-6-12/h2-6,9H,7-8,10H2,1H3,(H,15,17)/t20-/m0/s1. The zero-order valence-electron chi connectivity index (χ0n) is 11.2. The summed E-state index contributed by atoms with van der Waals surface area (Å²) in [5.41, 5.74) is 1.40. The van der Waals surface area contributed by atoms with Crippen molar-refractivity contribution < 1.29 is 13.5 Å². The van der Waals surface area contributed by atoms with Crippen molar-refractivity contribution in [2.75, 3.05) is 11.1 Å². The predicted molar refractivity (Wildman–Crippen MR) is 77.6 cm³/mol. The molecule has 0 radical (unpaired) electrons. The van der Waals surface area contributed by atoms with Crippen LogP contribution in [0, 0.1) is 6.92 Å². The van der Waals surface area contributed by atoms with Crippen molar-refractivity contribution in [2.24, 2.45) is 0 Å². The van der Waals surface area contributed by atoms with Gasteiger partial charge in [-0.1, -0.05) is 23.4 Å². The molecule has 0 aliphatic heterocycles. The molecule has 0 saturated heterocycles. The van der Waals surface area contributed by atoms with Crippen LogP contribution in [0.5, 0.6) is 0 Å². The molecule has 5 nitrogen and oxygen atoms in total. The highest BCUT2D eigenvalue weighted by Crippen LogP contribution is 2.07. The summed E-state index contributed by atoms with van der Waals surface area (Å²) < 4.78 is 16.7. The molecule has 0 aliphatic carbocycles. The molecule has 2 rings (SSSR count). The molecular formula is C14H16N2O3S. The van der Waals surface area contributed by atoms with Crippen molar-refractivity contribution in [1.29, 1.82) is 0 Å². The summed E-state index contributed by atoms with van der Waals surface area (Å²) in [6.07, 6.45) is 0.221. The second kappa shape index (κ2) is 7.00. The third-order valence-electron chi connectivity index (χ3n) is 2.60. The summed E-state index contributed by atoms with van der Waals surface area (Å²) in [4.78, 5) is 11.7. The molecule has 20 heavy (non-hydrogen) atoms. The second-order valence-electron chi connectivity index (χ2n) is 4.38. The molecule has 1 aromatic carbocycles. The molecule has 1 atom stereocenters.